The van der Waals surface area contributed by atoms with E-state index in [9.17, 15) is 19.5 Å². The maximum absolute atomic E-state index is 11.6. The van der Waals surface area contributed by atoms with Crippen LogP contribution in [0.1, 0.15) is 5.56 Å². The minimum atomic E-state index is -0.745. The SMILES string of the molecule is O=C(CNc1n[nH]c(=O)[nH]c1=O)NN=Cc1cc(Br)c(O)c(Br)c1. The second-order valence-corrected chi connectivity index (χ2v) is 6.04. The van der Waals surface area contributed by atoms with Gasteiger partial charge in [0.25, 0.3) is 11.5 Å². The predicted octanol–water partition coefficient (Wildman–Crippen LogP) is 0.251. The molecule has 1 amide bonds. The smallest absolute Gasteiger partial charge is 0.342 e. The van der Waals surface area contributed by atoms with Crippen molar-refractivity contribution in [2.24, 2.45) is 5.10 Å². The van der Waals surface area contributed by atoms with Gasteiger partial charge in [-0.2, -0.15) is 5.10 Å². The summed E-state index contributed by atoms with van der Waals surface area (Å²) in [5, 5.41) is 21.3. The number of hydrogen-bond donors (Lipinski definition) is 5. The molecule has 0 bridgehead atoms. The van der Waals surface area contributed by atoms with E-state index in [0.29, 0.717) is 14.5 Å². The third-order valence-electron chi connectivity index (χ3n) is 2.57. The van der Waals surface area contributed by atoms with Crippen LogP contribution in [0.4, 0.5) is 5.82 Å². The summed E-state index contributed by atoms with van der Waals surface area (Å²) >= 11 is 6.35. The molecule has 126 valence electrons. The molecule has 0 unspecified atom stereocenters. The van der Waals surface area contributed by atoms with Crippen LogP contribution >= 0.6 is 31.9 Å². The second kappa shape index (κ2) is 7.88. The standard InChI is InChI=1S/C12H10Br2N6O4/c13-6-1-5(2-7(14)9(6)22)3-16-18-8(21)4-15-10-11(23)17-12(24)20-19-10/h1-3,22H,4H2,(H,15,19)(H,18,21)(H2,17,20,23,24). The Kier molecular flexibility index (Phi) is 5.87. The average molecular weight is 462 g/mol. The number of amides is 1. The Hall–Kier alpha value is -2.47. The van der Waals surface area contributed by atoms with Crippen LogP contribution in [0.25, 0.3) is 0 Å². The van der Waals surface area contributed by atoms with E-state index in [-0.39, 0.29) is 18.1 Å². The number of hydrogen-bond acceptors (Lipinski definition) is 7. The third kappa shape index (κ3) is 4.76. The highest BCUT2D eigenvalue weighted by Crippen LogP contribution is 2.32. The number of rotatable bonds is 5. The number of aromatic amines is 2. The highest BCUT2D eigenvalue weighted by atomic mass is 79.9. The molecule has 2 aromatic rings. The topological polar surface area (TPSA) is 152 Å². The minimum absolute atomic E-state index is 0.0546. The van der Waals surface area contributed by atoms with Crippen molar-refractivity contribution in [1.29, 1.82) is 0 Å². The van der Waals surface area contributed by atoms with Gasteiger partial charge in [0.2, 0.25) is 5.82 Å². The molecule has 1 aromatic carbocycles. The van der Waals surface area contributed by atoms with Crippen molar-refractivity contribution in [3.63, 3.8) is 0 Å². The molecule has 0 spiro atoms. The lowest BCUT2D eigenvalue weighted by atomic mass is 10.2. The van der Waals surface area contributed by atoms with Crippen LogP contribution < -0.4 is 22.0 Å². The Morgan fingerprint density at radius 2 is 2.00 bits per heavy atom. The molecular formula is C12H10Br2N6O4. The van der Waals surface area contributed by atoms with Gasteiger partial charge in [0.05, 0.1) is 21.7 Å². The number of H-pyrrole nitrogens is 2. The predicted molar refractivity (Wildman–Crippen MR) is 93.2 cm³/mol. The molecule has 1 heterocycles. The lowest BCUT2D eigenvalue weighted by Crippen LogP contribution is -2.31. The Morgan fingerprint density at radius 3 is 2.62 bits per heavy atom. The van der Waals surface area contributed by atoms with E-state index in [0.717, 1.165) is 0 Å². The number of halogens is 2. The number of carbonyl (C=O) groups is 1. The Labute approximate surface area is 150 Å². The molecule has 0 saturated carbocycles. The Bertz CT molecular complexity index is 884. The molecule has 5 N–H and O–H groups in total. The van der Waals surface area contributed by atoms with Gasteiger partial charge in [0.15, 0.2) is 0 Å². The van der Waals surface area contributed by atoms with Crippen molar-refractivity contribution in [2.75, 3.05) is 11.9 Å². The molecule has 0 fully saturated rings. The number of phenols is 1. The summed E-state index contributed by atoms with van der Waals surface area (Å²) in [5.74, 6) is -0.672. The van der Waals surface area contributed by atoms with Crippen LogP contribution in [-0.2, 0) is 4.79 Å². The zero-order valence-electron chi connectivity index (χ0n) is 11.8. The number of nitrogens with one attached hydrogen (secondary N) is 4. The summed E-state index contributed by atoms with van der Waals surface area (Å²) < 4.78 is 0.935. The molecule has 10 nitrogen and oxygen atoms in total. The van der Waals surface area contributed by atoms with E-state index in [2.05, 4.69) is 52.8 Å². The van der Waals surface area contributed by atoms with E-state index in [1.807, 2.05) is 10.1 Å². The van der Waals surface area contributed by atoms with Crippen LogP contribution in [0.15, 0.2) is 35.8 Å². The van der Waals surface area contributed by atoms with Crippen LogP contribution in [0.5, 0.6) is 5.75 Å². The number of nitrogens with zero attached hydrogens (tertiary/aromatic N) is 2. The highest BCUT2D eigenvalue weighted by Gasteiger charge is 2.06. The number of carbonyl (C=O) groups excluding carboxylic acids is 1. The summed E-state index contributed by atoms with van der Waals surface area (Å²) in [7, 11) is 0. The number of aromatic nitrogens is 3. The fourth-order valence-electron chi connectivity index (χ4n) is 1.51. The first-order valence-electron chi connectivity index (χ1n) is 6.29. The van der Waals surface area contributed by atoms with Crippen molar-refractivity contribution in [1.82, 2.24) is 20.6 Å². The Morgan fingerprint density at radius 1 is 1.33 bits per heavy atom. The third-order valence-corrected chi connectivity index (χ3v) is 3.78. The van der Waals surface area contributed by atoms with Crippen molar-refractivity contribution in [3.8, 4) is 5.75 Å². The lowest BCUT2D eigenvalue weighted by molar-refractivity contribution is -0.119. The number of benzene rings is 1. The van der Waals surface area contributed by atoms with Crippen LogP contribution in [0, 0.1) is 0 Å². The number of anilines is 1. The van der Waals surface area contributed by atoms with Crippen LogP contribution in [-0.4, -0.2) is 39.0 Å². The number of aromatic hydroxyl groups is 1. The van der Waals surface area contributed by atoms with Crippen LogP contribution in [0.2, 0.25) is 0 Å². The highest BCUT2D eigenvalue weighted by molar-refractivity contribution is 9.11. The fourth-order valence-corrected chi connectivity index (χ4v) is 2.73. The monoisotopic (exact) mass is 460 g/mol. The summed E-state index contributed by atoms with van der Waals surface area (Å²) in [6, 6.07) is 3.22. The van der Waals surface area contributed by atoms with Gasteiger partial charge < -0.3 is 10.4 Å². The van der Waals surface area contributed by atoms with Gasteiger partial charge in [-0.1, -0.05) is 0 Å². The zero-order chi connectivity index (χ0) is 17.7. The summed E-state index contributed by atoms with van der Waals surface area (Å²) in [6.45, 7) is -0.275. The van der Waals surface area contributed by atoms with Gasteiger partial charge in [-0.3, -0.25) is 14.6 Å². The second-order valence-electron chi connectivity index (χ2n) is 4.34. The van der Waals surface area contributed by atoms with Gasteiger partial charge in [0, 0.05) is 0 Å². The molecular weight excluding hydrogens is 452 g/mol. The molecule has 12 heteroatoms. The maximum atomic E-state index is 11.6. The molecule has 0 saturated heterocycles. The largest absolute Gasteiger partial charge is 0.506 e. The molecule has 0 atom stereocenters. The van der Waals surface area contributed by atoms with Crippen molar-refractivity contribution in [2.45, 2.75) is 0 Å². The average Bonchev–Trinajstić information content (AvgIpc) is 2.51. The number of hydrazone groups is 1. The summed E-state index contributed by atoms with van der Waals surface area (Å²) in [6.07, 6.45) is 1.37. The van der Waals surface area contributed by atoms with Crippen molar-refractivity contribution in [3.05, 3.63) is 47.5 Å². The first kappa shape index (κ1) is 17.9. The van der Waals surface area contributed by atoms with Gasteiger partial charge in [-0.05, 0) is 49.6 Å². The summed E-state index contributed by atoms with van der Waals surface area (Å²) in [5.41, 5.74) is 1.39. The van der Waals surface area contributed by atoms with Gasteiger partial charge >= 0.3 is 5.69 Å². The first-order valence-corrected chi connectivity index (χ1v) is 7.88. The van der Waals surface area contributed by atoms with E-state index in [1.54, 1.807) is 12.1 Å². The van der Waals surface area contributed by atoms with Crippen LogP contribution in [0.3, 0.4) is 0 Å². The number of phenolic OH excluding ortho intramolecular Hbond substituents is 1. The van der Waals surface area contributed by atoms with Crippen molar-refractivity contribution >= 4 is 49.8 Å². The molecule has 24 heavy (non-hydrogen) atoms. The van der Waals surface area contributed by atoms with Gasteiger partial charge in [0.1, 0.15) is 5.75 Å². The van der Waals surface area contributed by atoms with E-state index >= 15 is 0 Å². The molecule has 0 aliphatic rings. The van der Waals surface area contributed by atoms with Gasteiger partial charge in [-0.25, -0.2) is 15.3 Å². The summed E-state index contributed by atoms with van der Waals surface area (Å²) in [4.78, 5) is 35.7. The maximum Gasteiger partial charge on any atom is 0.342 e. The quantitative estimate of drug-likeness (QED) is 0.318. The fraction of sp³-hybridized carbons (Fsp3) is 0.0833. The van der Waals surface area contributed by atoms with Crippen molar-refractivity contribution < 1.29 is 9.90 Å². The van der Waals surface area contributed by atoms with E-state index in [1.165, 1.54) is 6.21 Å². The lowest BCUT2D eigenvalue weighted by Gasteiger charge is -2.03. The zero-order valence-corrected chi connectivity index (χ0v) is 14.9. The molecule has 0 aliphatic heterocycles. The van der Waals surface area contributed by atoms with E-state index < -0.39 is 17.2 Å². The molecule has 1 aromatic heterocycles. The Balaban J connectivity index is 1.91. The first-order chi connectivity index (χ1) is 11.4. The normalized spacial score (nSPS) is 10.8. The molecule has 0 aliphatic carbocycles. The molecule has 2 rings (SSSR count). The van der Waals surface area contributed by atoms with Gasteiger partial charge in [-0.15, -0.1) is 5.10 Å². The minimum Gasteiger partial charge on any atom is -0.506 e. The molecule has 0 radical (unpaired) electrons. The van der Waals surface area contributed by atoms with E-state index in [4.69, 9.17) is 0 Å².